The number of nitrogens with one attached hydrogen (secondary N) is 1. The summed E-state index contributed by atoms with van der Waals surface area (Å²) in [5, 5.41) is 2.33. The standard InChI is InChI=1S/C11H15NO5/c1-5-9(13)16-7(3)11(15)12-8(4)17-10(14)6-2/h5-8H,1-2H2,3-4H3,(H,12,15). The molecule has 0 saturated heterocycles. The third kappa shape index (κ3) is 6.14. The Hall–Kier alpha value is -2.11. The quantitative estimate of drug-likeness (QED) is 0.411. The fourth-order valence-corrected chi connectivity index (χ4v) is 0.845. The first-order valence-corrected chi connectivity index (χ1v) is 4.87. The topological polar surface area (TPSA) is 81.7 Å². The van der Waals surface area contributed by atoms with Gasteiger partial charge in [-0.1, -0.05) is 13.2 Å². The number of carbonyl (C=O) groups excluding carboxylic acids is 3. The maximum atomic E-state index is 11.4. The van der Waals surface area contributed by atoms with Gasteiger partial charge in [-0.25, -0.2) is 9.59 Å². The van der Waals surface area contributed by atoms with Gasteiger partial charge in [-0.2, -0.15) is 0 Å². The summed E-state index contributed by atoms with van der Waals surface area (Å²) in [6.07, 6.45) is 0.0951. The average Bonchev–Trinajstić information content (AvgIpc) is 2.28. The fourth-order valence-electron chi connectivity index (χ4n) is 0.845. The lowest BCUT2D eigenvalue weighted by Crippen LogP contribution is -2.42. The van der Waals surface area contributed by atoms with Gasteiger partial charge in [0.25, 0.3) is 5.91 Å². The highest BCUT2D eigenvalue weighted by molar-refractivity contribution is 5.87. The molecule has 0 aliphatic carbocycles. The van der Waals surface area contributed by atoms with Crippen LogP contribution in [-0.4, -0.2) is 30.2 Å². The Morgan fingerprint density at radius 1 is 1.06 bits per heavy atom. The lowest BCUT2D eigenvalue weighted by Gasteiger charge is -2.17. The van der Waals surface area contributed by atoms with E-state index in [4.69, 9.17) is 4.74 Å². The molecule has 2 atom stereocenters. The smallest absolute Gasteiger partial charge is 0.332 e. The van der Waals surface area contributed by atoms with E-state index in [-0.39, 0.29) is 0 Å². The van der Waals surface area contributed by atoms with E-state index >= 15 is 0 Å². The van der Waals surface area contributed by atoms with Gasteiger partial charge in [0.05, 0.1) is 0 Å². The summed E-state index contributed by atoms with van der Waals surface area (Å²) in [6, 6.07) is 0. The van der Waals surface area contributed by atoms with E-state index in [2.05, 4.69) is 23.2 Å². The van der Waals surface area contributed by atoms with E-state index < -0.39 is 30.2 Å². The zero-order valence-electron chi connectivity index (χ0n) is 9.76. The van der Waals surface area contributed by atoms with Crippen LogP contribution < -0.4 is 5.32 Å². The highest BCUT2D eigenvalue weighted by atomic mass is 16.6. The number of hydrogen-bond donors (Lipinski definition) is 1. The molecule has 6 heteroatoms. The maximum Gasteiger partial charge on any atom is 0.332 e. The summed E-state index contributed by atoms with van der Waals surface area (Å²) < 4.78 is 9.37. The molecule has 17 heavy (non-hydrogen) atoms. The second-order valence-electron chi connectivity index (χ2n) is 3.08. The van der Waals surface area contributed by atoms with Crippen molar-refractivity contribution in [1.82, 2.24) is 5.32 Å². The van der Waals surface area contributed by atoms with Gasteiger partial charge in [0.15, 0.2) is 12.3 Å². The first-order chi connectivity index (χ1) is 7.90. The van der Waals surface area contributed by atoms with Crippen LogP contribution in [0.2, 0.25) is 0 Å². The molecule has 0 heterocycles. The van der Waals surface area contributed by atoms with Gasteiger partial charge in [-0.15, -0.1) is 0 Å². The molecule has 0 saturated carbocycles. The molecule has 94 valence electrons. The number of ether oxygens (including phenoxy) is 2. The number of esters is 2. The highest BCUT2D eigenvalue weighted by Crippen LogP contribution is 1.95. The number of amides is 1. The van der Waals surface area contributed by atoms with E-state index in [9.17, 15) is 14.4 Å². The van der Waals surface area contributed by atoms with Crippen LogP contribution in [0, 0.1) is 0 Å². The highest BCUT2D eigenvalue weighted by Gasteiger charge is 2.19. The molecule has 6 nitrogen and oxygen atoms in total. The monoisotopic (exact) mass is 241 g/mol. The van der Waals surface area contributed by atoms with Crippen LogP contribution in [0.3, 0.4) is 0 Å². The van der Waals surface area contributed by atoms with Crippen molar-refractivity contribution < 1.29 is 23.9 Å². The molecule has 0 bridgehead atoms. The van der Waals surface area contributed by atoms with Gasteiger partial charge in [0.2, 0.25) is 0 Å². The third-order valence-electron chi connectivity index (χ3n) is 1.63. The first-order valence-electron chi connectivity index (χ1n) is 4.87. The van der Waals surface area contributed by atoms with Crippen LogP contribution in [0.5, 0.6) is 0 Å². The largest absolute Gasteiger partial charge is 0.449 e. The maximum absolute atomic E-state index is 11.4. The molecule has 0 aliphatic heterocycles. The first kappa shape index (κ1) is 14.9. The van der Waals surface area contributed by atoms with Crippen LogP contribution in [0.15, 0.2) is 25.3 Å². The Morgan fingerprint density at radius 2 is 1.53 bits per heavy atom. The van der Waals surface area contributed by atoms with Gasteiger partial charge in [-0.05, 0) is 13.8 Å². The normalized spacial score (nSPS) is 12.8. The van der Waals surface area contributed by atoms with Crippen molar-refractivity contribution in [1.29, 1.82) is 0 Å². The van der Waals surface area contributed by atoms with Gasteiger partial charge in [0, 0.05) is 12.2 Å². The molecule has 2 unspecified atom stereocenters. The summed E-state index contributed by atoms with van der Waals surface area (Å²) in [7, 11) is 0. The van der Waals surface area contributed by atoms with Crippen molar-refractivity contribution in [3.05, 3.63) is 25.3 Å². The summed E-state index contributed by atoms with van der Waals surface area (Å²) in [5.41, 5.74) is 0. The zero-order chi connectivity index (χ0) is 13.4. The molecule has 0 aromatic rings. The van der Waals surface area contributed by atoms with Gasteiger partial charge < -0.3 is 14.8 Å². The van der Waals surface area contributed by atoms with Crippen LogP contribution in [-0.2, 0) is 23.9 Å². The Labute approximate surface area is 99.3 Å². The van der Waals surface area contributed by atoms with Crippen molar-refractivity contribution in [2.75, 3.05) is 0 Å². The second-order valence-corrected chi connectivity index (χ2v) is 3.08. The summed E-state index contributed by atoms with van der Waals surface area (Å²) in [5.74, 6) is -1.94. The lowest BCUT2D eigenvalue weighted by atomic mass is 10.3. The molecular formula is C11H15NO5. The molecular weight excluding hydrogens is 226 g/mol. The molecule has 0 aromatic heterocycles. The van der Waals surface area contributed by atoms with E-state index in [0.717, 1.165) is 12.2 Å². The predicted octanol–water partition coefficient (Wildman–Crippen LogP) is 0.295. The van der Waals surface area contributed by atoms with Crippen LogP contribution in [0.1, 0.15) is 13.8 Å². The summed E-state index contributed by atoms with van der Waals surface area (Å²) in [4.78, 5) is 33.1. The number of rotatable bonds is 6. The Morgan fingerprint density at radius 3 is 2.00 bits per heavy atom. The number of hydrogen-bond acceptors (Lipinski definition) is 5. The third-order valence-corrected chi connectivity index (χ3v) is 1.63. The zero-order valence-corrected chi connectivity index (χ0v) is 9.76. The van der Waals surface area contributed by atoms with Crippen LogP contribution in [0.25, 0.3) is 0 Å². The Kier molecular flexibility index (Phi) is 6.32. The molecule has 0 radical (unpaired) electrons. The fraction of sp³-hybridized carbons (Fsp3) is 0.364. The molecule has 0 aliphatic rings. The molecule has 0 aromatic carbocycles. The minimum absolute atomic E-state index is 0.579. The molecule has 0 rings (SSSR count). The van der Waals surface area contributed by atoms with Crippen molar-refractivity contribution in [2.24, 2.45) is 0 Å². The number of carbonyl (C=O) groups is 3. The molecule has 1 amide bonds. The SMILES string of the molecule is C=CC(=O)OC(C)NC(=O)C(C)OC(=O)C=C. The molecule has 0 spiro atoms. The Balaban J connectivity index is 4.15. The van der Waals surface area contributed by atoms with E-state index in [1.807, 2.05) is 0 Å². The van der Waals surface area contributed by atoms with Crippen molar-refractivity contribution in [3.8, 4) is 0 Å². The lowest BCUT2D eigenvalue weighted by molar-refractivity contribution is -0.154. The van der Waals surface area contributed by atoms with E-state index in [1.165, 1.54) is 13.8 Å². The minimum atomic E-state index is -0.995. The van der Waals surface area contributed by atoms with Crippen molar-refractivity contribution >= 4 is 17.8 Å². The summed E-state index contributed by atoms with van der Waals surface area (Å²) >= 11 is 0. The van der Waals surface area contributed by atoms with Crippen molar-refractivity contribution in [3.63, 3.8) is 0 Å². The van der Waals surface area contributed by atoms with Crippen LogP contribution >= 0.6 is 0 Å². The predicted molar refractivity (Wildman–Crippen MR) is 59.6 cm³/mol. The van der Waals surface area contributed by atoms with E-state index in [1.54, 1.807) is 0 Å². The summed E-state index contributed by atoms with van der Waals surface area (Å²) in [6.45, 7) is 9.26. The van der Waals surface area contributed by atoms with E-state index in [0.29, 0.717) is 0 Å². The van der Waals surface area contributed by atoms with Gasteiger partial charge >= 0.3 is 11.9 Å². The average molecular weight is 241 g/mol. The van der Waals surface area contributed by atoms with Crippen LogP contribution in [0.4, 0.5) is 0 Å². The van der Waals surface area contributed by atoms with Crippen molar-refractivity contribution in [2.45, 2.75) is 26.2 Å². The minimum Gasteiger partial charge on any atom is -0.449 e. The molecule has 0 fully saturated rings. The van der Waals surface area contributed by atoms with Gasteiger partial charge in [-0.3, -0.25) is 4.79 Å². The molecule has 1 N–H and O–H groups in total. The Bertz CT molecular complexity index is 337. The van der Waals surface area contributed by atoms with Gasteiger partial charge in [0.1, 0.15) is 0 Å². The second kappa shape index (κ2) is 7.21.